The number of carbonyl (C=O) groups is 1. The van der Waals surface area contributed by atoms with E-state index in [1.807, 2.05) is 25.1 Å². The van der Waals surface area contributed by atoms with Gasteiger partial charge in [-0.05, 0) is 25.1 Å². The predicted molar refractivity (Wildman–Crippen MR) is 60.0 cm³/mol. The molecule has 0 spiro atoms. The Morgan fingerprint density at radius 1 is 1.40 bits per heavy atom. The van der Waals surface area contributed by atoms with Gasteiger partial charge in [-0.25, -0.2) is 4.98 Å². The molecule has 0 saturated heterocycles. The summed E-state index contributed by atoms with van der Waals surface area (Å²) in [5.74, 6) is -0.570. The van der Waals surface area contributed by atoms with Crippen LogP contribution < -0.4 is 5.73 Å². The largest absolute Gasteiger partial charge is 0.364 e. The zero-order chi connectivity index (χ0) is 11.0. The molecule has 0 unspecified atom stereocenters. The minimum absolute atomic E-state index is 0.191. The number of primary amides is 1. The molecule has 1 aromatic carbocycles. The first-order valence-corrected chi connectivity index (χ1v) is 4.82. The molecular weight excluding hydrogens is 212 g/mol. The molecule has 0 aliphatic carbocycles. The number of hydrogen-bond acceptors (Lipinski definition) is 2. The Kier molecular flexibility index (Phi) is 2.32. The topological polar surface area (TPSA) is 56.0 Å². The third kappa shape index (κ3) is 1.78. The summed E-state index contributed by atoms with van der Waals surface area (Å²) in [7, 11) is 0. The summed E-state index contributed by atoms with van der Waals surface area (Å²) in [5, 5.41) is 1.33. The van der Waals surface area contributed by atoms with Crippen molar-refractivity contribution in [3.63, 3.8) is 0 Å². The first-order valence-electron chi connectivity index (χ1n) is 4.44. The molecule has 2 N–H and O–H groups in total. The fourth-order valence-corrected chi connectivity index (χ4v) is 1.68. The zero-order valence-electron chi connectivity index (χ0n) is 8.12. The van der Waals surface area contributed by atoms with Gasteiger partial charge in [0.2, 0.25) is 0 Å². The Morgan fingerprint density at radius 2 is 2.13 bits per heavy atom. The third-order valence-corrected chi connectivity index (χ3v) is 2.48. The van der Waals surface area contributed by atoms with Gasteiger partial charge < -0.3 is 5.73 Å². The van der Waals surface area contributed by atoms with Gasteiger partial charge in [0.15, 0.2) is 0 Å². The number of rotatable bonds is 1. The second-order valence-electron chi connectivity index (χ2n) is 3.37. The van der Waals surface area contributed by atoms with Crippen molar-refractivity contribution in [1.82, 2.24) is 4.98 Å². The van der Waals surface area contributed by atoms with Gasteiger partial charge >= 0.3 is 0 Å². The number of aryl methyl sites for hydroxylation is 1. The summed E-state index contributed by atoms with van der Waals surface area (Å²) in [6, 6.07) is 7.15. The number of carbonyl (C=O) groups excluding carboxylic acids is 1. The molecule has 0 atom stereocenters. The number of amides is 1. The molecule has 1 heterocycles. The van der Waals surface area contributed by atoms with E-state index in [4.69, 9.17) is 17.3 Å². The predicted octanol–water partition coefficient (Wildman–Crippen LogP) is 2.30. The fraction of sp³-hybridized carbons (Fsp3) is 0.0909. The van der Waals surface area contributed by atoms with Crippen LogP contribution in [0.4, 0.5) is 0 Å². The molecular formula is C11H9ClN2O. The van der Waals surface area contributed by atoms with Crippen molar-refractivity contribution in [3.8, 4) is 0 Å². The summed E-state index contributed by atoms with van der Waals surface area (Å²) in [6.45, 7) is 1.97. The normalized spacial score (nSPS) is 10.5. The number of aromatic nitrogens is 1. The van der Waals surface area contributed by atoms with Gasteiger partial charge in [0, 0.05) is 5.39 Å². The number of pyridine rings is 1. The monoisotopic (exact) mass is 220 g/mol. The van der Waals surface area contributed by atoms with Crippen LogP contribution in [0.3, 0.4) is 0 Å². The minimum atomic E-state index is -0.570. The van der Waals surface area contributed by atoms with E-state index in [2.05, 4.69) is 4.98 Å². The Morgan fingerprint density at radius 3 is 2.80 bits per heavy atom. The number of halogens is 1. The highest BCUT2D eigenvalue weighted by atomic mass is 35.5. The Labute approximate surface area is 91.9 Å². The minimum Gasteiger partial charge on any atom is -0.364 e. The van der Waals surface area contributed by atoms with E-state index in [1.165, 1.54) is 6.07 Å². The van der Waals surface area contributed by atoms with Crippen LogP contribution in [0.1, 0.15) is 16.1 Å². The van der Waals surface area contributed by atoms with Crippen molar-refractivity contribution in [3.05, 3.63) is 40.5 Å². The smallest absolute Gasteiger partial charge is 0.267 e. The van der Waals surface area contributed by atoms with Crippen molar-refractivity contribution < 1.29 is 4.79 Å². The van der Waals surface area contributed by atoms with E-state index in [9.17, 15) is 4.79 Å². The van der Waals surface area contributed by atoms with Crippen molar-refractivity contribution in [2.45, 2.75) is 6.92 Å². The number of nitrogens with zero attached hydrogens (tertiary/aromatic N) is 1. The van der Waals surface area contributed by atoms with Gasteiger partial charge in [-0.1, -0.05) is 23.2 Å². The summed E-state index contributed by atoms with van der Waals surface area (Å²) in [4.78, 5) is 15.1. The molecule has 2 rings (SSSR count). The molecule has 1 amide bonds. The standard InChI is InChI=1S/C11H9ClN2O/c1-6-2-3-9-7(4-6)8(12)5-10(14-9)11(13)15/h2-5H,1H3,(H2,13,15). The molecule has 2 aromatic rings. The lowest BCUT2D eigenvalue weighted by molar-refractivity contribution is 0.0996. The molecule has 1 aromatic heterocycles. The maximum atomic E-state index is 11.0. The van der Waals surface area contributed by atoms with E-state index in [0.717, 1.165) is 10.9 Å². The van der Waals surface area contributed by atoms with Gasteiger partial charge in [-0.15, -0.1) is 0 Å². The average molecular weight is 221 g/mol. The summed E-state index contributed by atoms with van der Waals surface area (Å²) in [5.41, 5.74) is 7.11. The summed E-state index contributed by atoms with van der Waals surface area (Å²) in [6.07, 6.45) is 0. The molecule has 4 heteroatoms. The second kappa shape index (κ2) is 3.51. The SMILES string of the molecule is Cc1ccc2nc(C(N)=O)cc(Cl)c2c1. The van der Waals surface area contributed by atoms with Crippen LogP contribution in [-0.2, 0) is 0 Å². The van der Waals surface area contributed by atoms with E-state index in [1.54, 1.807) is 0 Å². The zero-order valence-corrected chi connectivity index (χ0v) is 8.88. The molecule has 76 valence electrons. The van der Waals surface area contributed by atoms with Crippen LogP contribution in [0.15, 0.2) is 24.3 Å². The van der Waals surface area contributed by atoms with Gasteiger partial charge in [-0.3, -0.25) is 4.79 Å². The molecule has 15 heavy (non-hydrogen) atoms. The molecule has 3 nitrogen and oxygen atoms in total. The quantitative estimate of drug-likeness (QED) is 0.802. The van der Waals surface area contributed by atoms with Gasteiger partial charge in [0.1, 0.15) is 5.69 Å². The van der Waals surface area contributed by atoms with Crippen LogP contribution in [0.25, 0.3) is 10.9 Å². The lowest BCUT2D eigenvalue weighted by Gasteiger charge is -2.03. The van der Waals surface area contributed by atoms with Crippen LogP contribution in [0, 0.1) is 6.92 Å². The molecule has 0 bridgehead atoms. The van der Waals surface area contributed by atoms with Crippen molar-refractivity contribution in [2.75, 3.05) is 0 Å². The third-order valence-electron chi connectivity index (χ3n) is 2.17. The molecule has 0 saturated carbocycles. The molecule has 0 fully saturated rings. The summed E-state index contributed by atoms with van der Waals surface area (Å²) < 4.78 is 0. The maximum Gasteiger partial charge on any atom is 0.267 e. The first-order chi connectivity index (χ1) is 7.08. The maximum absolute atomic E-state index is 11.0. The van der Waals surface area contributed by atoms with Crippen LogP contribution in [-0.4, -0.2) is 10.9 Å². The van der Waals surface area contributed by atoms with E-state index >= 15 is 0 Å². The van der Waals surface area contributed by atoms with Gasteiger partial charge in [-0.2, -0.15) is 0 Å². The molecule has 0 aliphatic rings. The summed E-state index contributed by atoms with van der Waals surface area (Å²) >= 11 is 6.03. The highest BCUT2D eigenvalue weighted by Gasteiger charge is 2.07. The lowest BCUT2D eigenvalue weighted by Crippen LogP contribution is -2.12. The first kappa shape index (κ1) is 9.93. The van der Waals surface area contributed by atoms with Crippen molar-refractivity contribution in [2.24, 2.45) is 5.73 Å². The van der Waals surface area contributed by atoms with E-state index in [0.29, 0.717) is 10.5 Å². The van der Waals surface area contributed by atoms with E-state index < -0.39 is 5.91 Å². The van der Waals surface area contributed by atoms with Crippen molar-refractivity contribution >= 4 is 28.4 Å². The highest BCUT2D eigenvalue weighted by Crippen LogP contribution is 2.23. The lowest BCUT2D eigenvalue weighted by atomic mass is 10.1. The Hall–Kier alpha value is -1.61. The van der Waals surface area contributed by atoms with Gasteiger partial charge in [0.25, 0.3) is 5.91 Å². The number of benzene rings is 1. The average Bonchev–Trinajstić information content (AvgIpc) is 2.18. The van der Waals surface area contributed by atoms with E-state index in [-0.39, 0.29) is 5.69 Å². The molecule has 0 radical (unpaired) electrons. The number of fused-ring (bicyclic) bond motifs is 1. The van der Waals surface area contributed by atoms with Gasteiger partial charge in [0.05, 0.1) is 10.5 Å². The Balaban J connectivity index is 2.78. The number of hydrogen-bond donors (Lipinski definition) is 1. The number of nitrogens with two attached hydrogens (primary N) is 1. The van der Waals surface area contributed by atoms with Crippen LogP contribution in [0.2, 0.25) is 5.02 Å². The van der Waals surface area contributed by atoms with Crippen LogP contribution in [0.5, 0.6) is 0 Å². The second-order valence-corrected chi connectivity index (χ2v) is 3.78. The van der Waals surface area contributed by atoms with Crippen LogP contribution >= 0.6 is 11.6 Å². The highest BCUT2D eigenvalue weighted by molar-refractivity contribution is 6.35. The van der Waals surface area contributed by atoms with Crippen molar-refractivity contribution in [1.29, 1.82) is 0 Å². The molecule has 0 aliphatic heterocycles. The fourth-order valence-electron chi connectivity index (χ4n) is 1.42. The Bertz CT molecular complexity index is 552.